The van der Waals surface area contributed by atoms with Gasteiger partial charge in [0, 0.05) is 18.6 Å². The number of benzene rings is 2. The van der Waals surface area contributed by atoms with Crippen LogP contribution in [0.25, 0.3) is 0 Å². The van der Waals surface area contributed by atoms with E-state index < -0.39 is 40.0 Å². The Balaban J connectivity index is 1.88. The zero-order chi connectivity index (χ0) is 19.9. The van der Waals surface area contributed by atoms with Crippen LogP contribution >= 0.6 is 0 Å². The molecule has 1 unspecified atom stereocenters. The quantitative estimate of drug-likeness (QED) is 0.718. The highest BCUT2D eigenvalue weighted by Gasteiger charge is 2.73. The summed E-state index contributed by atoms with van der Waals surface area (Å²) < 4.78 is 23.6. The zero-order valence-corrected chi connectivity index (χ0v) is 16.8. The average Bonchev–Trinajstić information content (AvgIpc) is 3.15. The predicted molar refractivity (Wildman–Crippen MR) is 104 cm³/mol. The fraction of sp³-hybridized carbons (Fsp3) is 0.381. The van der Waals surface area contributed by atoms with Gasteiger partial charge in [0.25, 0.3) is 0 Å². The number of carbonyl (C=O) groups is 1. The van der Waals surface area contributed by atoms with E-state index in [-0.39, 0.29) is 0 Å². The van der Waals surface area contributed by atoms with Crippen LogP contribution in [0.5, 0.6) is 0 Å². The summed E-state index contributed by atoms with van der Waals surface area (Å²) in [6.07, 6.45) is -1.71. The van der Waals surface area contributed by atoms with Crippen LogP contribution < -0.4 is 0 Å². The van der Waals surface area contributed by atoms with E-state index in [2.05, 4.69) is 0 Å². The molecule has 0 saturated carbocycles. The third kappa shape index (κ3) is 2.81. The van der Waals surface area contributed by atoms with Crippen molar-refractivity contribution >= 4 is 16.8 Å². The average molecular weight is 401 g/mol. The summed E-state index contributed by atoms with van der Waals surface area (Å²) in [6.45, 7) is 4.13. The van der Waals surface area contributed by atoms with E-state index >= 15 is 0 Å². The van der Waals surface area contributed by atoms with Gasteiger partial charge in [0.1, 0.15) is 0 Å². The molecule has 2 fully saturated rings. The first kappa shape index (κ1) is 19.3. The van der Waals surface area contributed by atoms with Gasteiger partial charge in [0.05, 0.1) is 16.8 Å². The Morgan fingerprint density at radius 2 is 1.82 bits per heavy atom. The molecule has 7 heteroatoms. The van der Waals surface area contributed by atoms with Crippen molar-refractivity contribution < 1.29 is 23.3 Å². The number of cyclic esters (lactones) is 1. The van der Waals surface area contributed by atoms with Crippen LogP contribution in [0.3, 0.4) is 0 Å². The molecule has 4 rings (SSSR count). The van der Waals surface area contributed by atoms with Crippen molar-refractivity contribution in [1.82, 2.24) is 5.06 Å². The molecule has 5 atom stereocenters. The molecule has 0 amide bonds. The molecule has 6 nitrogen and oxygen atoms in total. The first-order valence-corrected chi connectivity index (χ1v) is 10.4. The number of nitrogens with zero attached hydrogens (tertiary/aromatic N) is 1. The molecule has 2 aromatic carbocycles. The summed E-state index contributed by atoms with van der Waals surface area (Å²) in [7, 11) is 0.0303. The van der Waals surface area contributed by atoms with E-state index in [9.17, 15) is 9.00 Å². The second-order valence-corrected chi connectivity index (χ2v) is 8.67. The molecule has 28 heavy (non-hydrogen) atoms. The first-order valence-electron chi connectivity index (χ1n) is 9.26. The summed E-state index contributed by atoms with van der Waals surface area (Å²) in [4.78, 5) is 19.9. The number of esters is 1. The third-order valence-corrected chi connectivity index (χ3v) is 7.19. The molecule has 0 spiro atoms. The minimum absolute atomic E-state index is 0.352. The van der Waals surface area contributed by atoms with Crippen LogP contribution in [-0.4, -0.2) is 46.0 Å². The van der Waals surface area contributed by atoms with E-state index in [1.54, 1.807) is 24.2 Å². The lowest BCUT2D eigenvalue weighted by Gasteiger charge is -2.30. The normalized spacial score (nSPS) is 30.8. The SMILES string of the molecule is CCO[C@@H]1OC(=O)[C@@]2(S(=O)c3ccc(C)cc3)[C@H](c3ccccc3)N(C)O[C@@H]12. The van der Waals surface area contributed by atoms with Gasteiger partial charge in [-0.2, -0.15) is 5.06 Å². The molecule has 0 aliphatic carbocycles. The molecular formula is C21H23NO5S. The lowest BCUT2D eigenvalue weighted by molar-refractivity contribution is -0.225. The van der Waals surface area contributed by atoms with Gasteiger partial charge in [-0.15, -0.1) is 0 Å². The second-order valence-electron chi connectivity index (χ2n) is 6.99. The van der Waals surface area contributed by atoms with E-state index in [0.29, 0.717) is 11.5 Å². The van der Waals surface area contributed by atoms with Crippen molar-refractivity contribution in [3.8, 4) is 0 Å². The highest BCUT2D eigenvalue weighted by atomic mass is 32.2. The molecule has 2 saturated heterocycles. The second kappa shape index (κ2) is 7.40. The number of hydrogen-bond acceptors (Lipinski definition) is 6. The topological polar surface area (TPSA) is 65.1 Å². The van der Waals surface area contributed by atoms with Crippen molar-refractivity contribution in [1.29, 1.82) is 0 Å². The first-order chi connectivity index (χ1) is 13.5. The number of ether oxygens (including phenoxy) is 2. The van der Waals surface area contributed by atoms with E-state index in [0.717, 1.165) is 11.1 Å². The molecule has 0 aromatic heterocycles. The Kier molecular flexibility index (Phi) is 5.09. The molecule has 0 radical (unpaired) electrons. The number of fused-ring (bicyclic) bond motifs is 1. The number of aryl methyl sites for hydroxylation is 1. The largest absolute Gasteiger partial charge is 0.431 e. The Bertz CT molecular complexity index is 887. The van der Waals surface area contributed by atoms with Crippen molar-refractivity contribution in [2.24, 2.45) is 0 Å². The Morgan fingerprint density at radius 1 is 1.14 bits per heavy atom. The van der Waals surface area contributed by atoms with Gasteiger partial charge in [0.15, 0.2) is 6.10 Å². The molecule has 0 bridgehead atoms. The van der Waals surface area contributed by atoms with Crippen LogP contribution in [0.2, 0.25) is 0 Å². The van der Waals surface area contributed by atoms with Crippen molar-refractivity contribution in [2.75, 3.05) is 13.7 Å². The summed E-state index contributed by atoms with van der Waals surface area (Å²) in [5, 5.41) is 1.61. The van der Waals surface area contributed by atoms with Crippen LogP contribution in [0.15, 0.2) is 59.5 Å². The fourth-order valence-corrected chi connectivity index (χ4v) is 5.83. The summed E-state index contributed by atoms with van der Waals surface area (Å²) >= 11 is 0. The van der Waals surface area contributed by atoms with Crippen LogP contribution in [0.1, 0.15) is 24.1 Å². The Labute approximate surface area is 166 Å². The molecule has 2 aliphatic rings. The molecule has 0 N–H and O–H groups in total. The minimum Gasteiger partial charge on any atom is -0.431 e. The van der Waals surface area contributed by atoms with Gasteiger partial charge in [-0.3, -0.25) is 13.8 Å². The minimum atomic E-state index is -1.72. The Morgan fingerprint density at radius 3 is 2.46 bits per heavy atom. The monoisotopic (exact) mass is 401 g/mol. The zero-order valence-electron chi connectivity index (χ0n) is 16.0. The lowest BCUT2D eigenvalue weighted by Crippen LogP contribution is -2.51. The molecular weight excluding hydrogens is 378 g/mol. The maximum absolute atomic E-state index is 13.9. The van der Waals surface area contributed by atoms with Crippen molar-refractivity contribution in [2.45, 2.75) is 41.9 Å². The lowest BCUT2D eigenvalue weighted by atomic mass is 9.90. The van der Waals surface area contributed by atoms with E-state index in [4.69, 9.17) is 14.3 Å². The van der Waals surface area contributed by atoms with Crippen molar-refractivity contribution in [3.63, 3.8) is 0 Å². The number of rotatable bonds is 5. The van der Waals surface area contributed by atoms with Gasteiger partial charge < -0.3 is 9.47 Å². The third-order valence-electron chi connectivity index (χ3n) is 5.25. The number of hydroxylamine groups is 2. The van der Waals surface area contributed by atoms with Gasteiger partial charge in [-0.05, 0) is 31.5 Å². The van der Waals surface area contributed by atoms with Crippen LogP contribution in [0.4, 0.5) is 0 Å². The smallest absolute Gasteiger partial charge is 0.332 e. The maximum atomic E-state index is 13.9. The molecule has 2 aromatic rings. The molecule has 2 heterocycles. The fourth-order valence-electron chi connectivity index (χ4n) is 4.00. The van der Waals surface area contributed by atoms with Gasteiger partial charge in [-0.1, -0.05) is 48.0 Å². The molecule has 2 aliphatic heterocycles. The summed E-state index contributed by atoms with van der Waals surface area (Å²) in [5.74, 6) is -0.562. The molecule has 148 valence electrons. The van der Waals surface area contributed by atoms with Crippen LogP contribution in [-0.2, 0) is 29.9 Å². The van der Waals surface area contributed by atoms with Gasteiger partial charge in [-0.25, -0.2) is 0 Å². The Hall–Kier alpha value is -2.06. The highest BCUT2D eigenvalue weighted by molar-refractivity contribution is 7.87. The number of carbonyl (C=O) groups excluding carboxylic acids is 1. The standard InChI is InChI=1S/C21H23NO5S/c1-4-25-19-18-21(20(23)26-19,28(24)16-12-10-14(2)11-13-16)17(22(3)27-18)15-8-6-5-7-9-15/h5-13,17-19H,4H2,1-3H3/t17-,18-,19+,21+,28?/m0/s1. The van der Waals surface area contributed by atoms with Crippen LogP contribution in [0, 0.1) is 6.92 Å². The van der Waals surface area contributed by atoms with Crippen molar-refractivity contribution in [3.05, 3.63) is 65.7 Å². The summed E-state index contributed by atoms with van der Waals surface area (Å²) in [6, 6.07) is 16.3. The highest BCUT2D eigenvalue weighted by Crippen LogP contribution is 2.53. The number of hydrogen-bond donors (Lipinski definition) is 0. The van der Waals surface area contributed by atoms with Gasteiger partial charge in [0.2, 0.25) is 11.0 Å². The van der Waals surface area contributed by atoms with E-state index in [1.165, 1.54) is 0 Å². The van der Waals surface area contributed by atoms with E-state index in [1.807, 2.05) is 56.3 Å². The predicted octanol–water partition coefficient (Wildman–Crippen LogP) is 2.75. The summed E-state index contributed by atoms with van der Waals surface area (Å²) in [5.41, 5.74) is 1.89. The maximum Gasteiger partial charge on any atom is 0.332 e. The van der Waals surface area contributed by atoms with Gasteiger partial charge >= 0.3 is 5.97 Å².